The Kier molecular flexibility index (Phi) is 3.68. The smallest absolute Gasteiger partial charge is 0.0934 e. The van der Waals surface area contributed by atoms with Crippen LogP contribution in [0.5, 0.6) is 0 Å². The summed E-state index contributed by atoms with van der Waals surface area (Å²) >= 11 is 7.84. The van der Waals surface area contributed by atoms with Gasteiger partial charge in [-0.05, 0) is 30.9 Å². The van der Waals surface area contributed by atoms with Gasteiger partial charge in [0.2, 0.25) is 0 Å². The second kappa shape index (κ2) is 5.43. The van der Waals surface area contributed by atoms with Crippen molar-refractivity contribution in [1.29, 1.82) is 0 Å². The van der Waals surface area contributed by atoms with Crippen LogP contribution in [0.4, 0.5) is 0 Å². The lowest BCUT2D eigenvalue weighted by molar-refractivity contribution is 0.466. The third-order valence-electron chi connectivity index (χ3n) is 3.42. The Balaban J connectivity index is 1.60. The van der Waals surface area contributed by atoms with E-state index >= 15 is 0 Å². The minimum atomic E-state index is 0.473. The Labute approximate surface area is 116 Å². The zero-order valence-corrected chi connectivity index (χ0v) is 11.7. The summed E-state index contributed by atoms with van der Waals surface area (Å²) in [5.74, 6) is 0. The molecule has 0 aliphatic heterocycles. The number of rotatable bonds is 4. The van der Waals surface area contributed by atoms with E-state index in [-0.39, 0.29) is 0 Å². The summed E-state index contributed by atoms with van der Waals surface area (Å²) in [5.41, 5.74) is 2.60. The van der Waals surface area contributed by atoms with E-state index in [1.165, 1.54) is 35.4 Å². The number of H-pyrrole nitrogens is 1. The number of halogens is 1. The summed E-state index contributed by atoms with van der Waals surface area (Å²) in [6.45, 7) is 0.972. The molecule has 2 aromatic rings. The first-order chi connectivity index (χ1) is 8.83. The molecule has 5 heteroatoms. The third-order valence-corrected chi connectivity index (χ3v) is 4.76. The average Bonchev–Trinajstić information content (AvgIpc) is 2.97. The maximum absolute atomic E-state index is 6.11. The van der Waals surface area contributed by atoms with Crippen molar-refractivity contribution < 1.29 is 0 Å². The van der Waals surface area contributed by atoms with Gasteiger partial charge in [0.15, 0.2) is 0 Å². The molecular formula is C13H16ClN3S. The highest BCUT2D eigenvalue weighted by molar-refractivity contribution is 7.16. The van der Waals surface area contributed by atoms with Crippen molar-refractivity contribution >= 4 is 22.9 Å². The molecule has 0 bridgehead atoms. The van der Waals surface area contributed by atoms with Crippen molar-refractivity contribution in [2.75, 3.05) is 6.54 Å². The van der Waals surface area contributed by atoms with Gasteiger partial charge in [-0.2, -0.15) is 0 Å². The van der Waals surface area contributed by atoms with Crippen molar-refractivity contribution in [2.24, 2.45) is 0 Å². The molecule has 2 aromatic heterocycles. The molecule has 0 saturated heterocycles. The zero-order valence-electron chi connectivity index (χ0n) is 10.1. The maximum Gasteiger partial charge on any atom is 0.0934 e. The lowest BCUT2D eigenvalue weighted by Gasteiger charge is -2.23. The molecule has 18 heavy (non-hydrogen) atoms. The SMILES string of the molecule is Clc1cc2c(s1)CCCC2NCCc1cnc[nH]1. The van der Waals surface area contributed by atoms with Crippen molar-refractivity contribution in [3.8, 4) is 0 Å². The quantitative estimate of drug-likeness (QED) is 0.902. The molecular weight excluding hydrogens is 266 g/mol. The second-order valence-corrected chi connectivity index (χ2v) is 6.42. The topological polar surface area (TPSA) is 40.7 Å². The van der Waals surface area contributed by atoms with Gasteiger partial charge in [-0.3, -0.25) is 0 Å². The number of aromatic amines is 1. The van der Waals surface area contributed by atoms with Gasteiger partial charge in [0.1, 0.15) is 0 Å². The molecule has 1 atom stereocenters. The molecule has 1 aliphatic rings. The lowest BCUT2D eigenvalue weighted by Crippen LogP contribution is -2.26. The van der Waals surface area contributed by atoms with Crippen LogP contribution in [0.2, 0.25) is 4.34 Å². The van der Waals surface area contributed by atoms with Gasteiger partial charge in [-0.15, -0.1) is 11.3 Å². The fourth-order valence-corrected chi connectivity index (χ4v) is 3.92. The molecule has 0 fully saturated rings. The highest BCUT2D eigenvalue weighted by Crippen LogP contribution is 2.37. The van der Waals surface area contributed by atoms with Crippen LogP contribution in [0, 0.1) is 0 Å². The van der Waals surface area contributed by atoms with E-state index < -0.39 is 0 Å². The van der Waals surface area contributed by atoms with Crippen molar-refractivity contribution in [3.05, 3.63) is 39.1 Å². The Hall–Kier alpha value is -0.840. The van der Waals surface area contributed by atoms with Crippen LogP contribution >= 0.6 is 22.9 Å². The number of imidazole rings is 1. The molecule has 0 aromatic carbocycles. The number of nitrogens with one attached hydrogen (secondary N) is 2. The normalized spacial score (nSPS) is 18.8. The van der Waals surface area contributed by atoms with Crippen molar-refractivity contribution in [1.82, 2.24) is 15.3 Å². The van der Waals surface area contributed by atoms with Gasteiger partial charge in [-0.25, -0.2) is 4.98 Å². The van der Waals surface area contributed by atoms with Gasteiger partial charge < -0.3 is 10.3 Å². The Morgan fingerprint density at radius 2 is 2.50 bits per heavy atom. The summed E-state index contributed by atoms with van der Waals surface area (Å²) in [6.07, 6.45) is 8.26. The van der Waals surface area contributed by atoms with Crippen LogP contribution in [0.25, 0.3) is 0 Å². The number of aryl methyl sites for hydroxylation is 1. The Morgan fingerprint density at radius 3 is 3.33 bits per heavy atom. The predicted molar refractivity (Wildman–Crippen MR) is 75.3 cm³/mol. The van der Waals surface area contributed by atoms with Crippen LogP contribution < -0.4 is 5.32 Å². The maximum atomic E-state index is 6.11. The van der Waals surface area contributed by atoms with E-state index in [1.807, 2.05) is 6.20 Å². The number of hydrogen-bond donors (Lipinski definition) is 2. The van der Waals surface area contributed by atoms with Gasteiger partial charge in [-0.1, -0.05) is 11.6 Å². The van der Waals surface area contributed by atoms with E-state index in [0.29, 0.717) is 6.04 Å². The molecule has 2 N–H and O–H groups in total. The molecule has 0 spiro atoms. The number of nitrogens with zero attached hydrogens (tertiary/aromatic N) is 1. The minimum Gasteiger partial charge on any atom is -0.348 e. The molecule has 1 unspecified atom stereocenters. The third kappa shape index (κ3) is 2.60. The highest BCUT2D eigenvalue weighted by Gasteiger charge is 2.22. The first kappa shape index (κ1) is 12.2. The molecule has 3 rings (SSSR count). The van der Waals surface area contributed by atoms with Crippen LogP contribution in [0.3, 0.4) is 0 Å². The van der Waals surface area contributed by atoms with E-state index in [9.17, 15) is 0 Å². The second-order valence-electron chi connectivity index (χ2n) is 4.65. The minimum absolute atomic E-state index is 0.473. The predicted octanol–water partition coefficient (Wildman–Crippen LogP) is 3.33. The standard InChI is InChI=1S/C13H16ClN3S/c14-13-6-10-11(2-1-3-12(10)18-13)16-5-4-9-7-15-8-17-9/h6-8,11,16H,1-5H2,(H,15,17). The van der Waals surface area contributed by atoms with Crippen LogP contribution in [-0.4, -0.2) is 16.5 Å². The Bertz CT molecular complexity index is 506. The highest BCUT2D eigenvalue weighted by atomic mass is 35.5. The number of fused-ring (bicyclic) bond motifs is 1. The van der Waals surface area contributed by atoms with Gasteiger partial charge in [0.05, 0.1) is 10.7 Å². The molecule has 1 aliphatic carbocycles. The fraction of sp³-hybridized carbons (Fsp3) is 0.462. The molecule has 0 radical (unpaired) electrons. The van der Waals surface area contributed by atoms with Gasteiger partial charge >= 0.3 is 0 Å². The number of thiophene rings is 1. The lowest BCUT2D eigenvalue weighted by atomic mass is 9.94. The molecule has 0 saturated carbocycles. The summed E-state index contributed by atoms with van der Waals surface area (Å²) in [7, 11) is 0. The molecule has 96 valence electrons. The van der Waals surface area contributed by atoms with E-state index in [4.69, 9.17) is 11.6 Å². The number of aromatic nitrogens is 2. The Morgan fingerprint density at radius 1 is 1.56 bits per heavy atom. The van der Waals surface area contributed by atoms with Crippen molar-refractivity contribution in [3.63, 3.8) is 0 Å². The van der Waals surface area contributed by atoms with E-state index in [0.717, 1.165) is 17.3 Å². The van der Waals surface area contributed by atoms with Crippen molar-refractivity contribution in [2.45, 2.75) is 31.7 Å². The van der Waals surface area contributed by atoms with E-state index in [1.54, 1.807) is 17.7 Å². The fourth-order valence-electron chi connectivity index (χ4n) is 2.54. The molecule has 0 amide bonds. The summed E-state index contributed by atoms with van der Waals surface area (Å²) in [6, 6.07) is 2.61. The largest absolute Gasteiger partial charge is 0.348 e. The van der Waals surface area contributed by atoms with Crippen LogP contribution in [0.1, 0.15) is 35.0 Å². The molecule has 2 heterocycles. The monoisotopic (exact) mass is 281 g/mol. The summed E-state index contributed by atoms with van der Waals surface area (Å²) in [5, 5.41) is 3.63. The number of hydrogen-bond acceptors (Lipinski definition) is 3. The van der Waals surface area contributed by atoms with Gasteiger partial charge in [0.25, 0.3) is 0 Å². The first-order valence-corrected chi connectivity index (χ1v) is 7.51. The first-order valence-electron chi connectivity index (χ1n) is 6.31. The van der Waals surface area contributed by atoms with Crippen LogP contribution in [-0.2, 0) is 12.8 Å². The van der Waals surface area contributed by atoms with E-state index in [2.05, 4.69) is 21.4 Å². The summed E-state index contributed by atoms with van der Waals surface area (Å²) < 4.78 is 0.919. The van der Waals surface area contributed by atoms with Crippen LogP contribution in [0.15, 0.2) is 18.6 Å². The average molecular weight is 282 g/mol. The van der Waals surface area contributed by atoms with Gasteiger partial charge in [0, 0.05) is 35.8 Å². The zero-order chi connectivity index (χ0) is 12.4. The molecule has 3 nitrogen and oxygen atoms in total. The summed E-state index contributed by atoms with van der Waals surface area (Å²) in [4.78, 5) is 8.62.